The highest BCUT2D eigenvalue weighted by Crippen LogP contribution is 2.18. The molecule has 22 heavy (non-hydrogen) atoms. The van der Waals surface area contributed by atoms with E-state index in [1.807, 2.05) is 35.0 Å². The van der Waals surface area contributed by atoms with Gasteiger partial charge in [0, 0.05) is 22.0 Å². The predicted molar refractivity (Wildman–Crippen MR) is 88.1 cm³/mol. The van der Waals surface area contributed by atoms with Crippen molar-refractivity contribution >= 4 is 28.8 Å². The average molecular weight is 330 g/mol. The molecule has 0 atom stereocenters. The molecule has 0 aromatic carbocycles. The Labute approximate surface area is 136 Å². The molecule has 0 aliphatic carbocycles. The number of aromatic nitrogens is 1. The summed E-state index contributed by atoms with van der Waals surface area (Å²) in [6.45, 7) is 1.06. The standard InChI is InChI=1S/C16H14N2O2S2/c19-16(20-15-7-1-2-8-17-15)18(11-13-5-3-9-21-13)12-14-6-4-10-22-14/h1-10H,11-12H2. The van der Waals surface area contributed by atoms with Gasteiger partial charge in [0.05, 0.1) is 13.1 Å². The van der Waals surface area contributed by atoms with Crippen LogP contribution in [0.2, 0.25) is 0 Å². The van der Waals surface area contributed by atoms with Crippen LogP contribution in [0.1, 0.15) is 9.75 Å². The Hall–Kier alpha value is -2.18. The second-order valence-corrected chi connectivity index (χ2v) is 6.62. The molecule has 0 N–H and O–H groups in total. The van der Waals surface area contributed by atoms with Gasteiger partial charge in [0.2, 0.25) is 5.88 Å². The number of nitrogens with zero attached hydrogens (tertiary/aromatic N) is 2. The van der Waals surface area contributed by atoms with Crippen molar-refractivity contribution in [3.8, 4) is 5.88 Å². The van der Waals surface area contributed by atoms with Crippen molar-refractivity contribution in [2.24, 2.45) is 0 Å². The van der Waals surface area contributed by atoms with E-state index in [1.54, 1.807) is 52.0 Å². The van der Waals surface area contributed by atoms with Gasteiger partial charge in [0.1, 0.15) is 0 Å². The van der Waals surface area contributed by atoms with Gasteiger partial charge in [-0.25, -0.2) is 9.78 Å². The van der Waals surface area contributed by atoms with E-state index < -0.39 is 0 Å². The number of rotatable bonds is 5. The lowest BCUT2D eigenvalue weighted by atomic mass is 10.4. The summed E-state index contributed by atoms with van der Waals surface area (Å²) in [7, 11) is 0. The summed E-state index contributed by atoms with van der Waals surface area (Å²) < 4.78 is 5.36. The van der Waals surface area contributed by atoms with Crippen LogP contribution >= 0.6 is 22.7 Å². The molecule has 4 nitrogen and oxygen atoms in total. The molecule has 3 aromatic rings. The number of amides is 1. The highest BCUT2D eigenvalue weighted by atomic mass is 32.1. The molecule has 0 unspecified atom stereocenters. The lowest BCUT2D eigenvalue weighted by Crippen LogP contribution is -2.32. The van der Waals surface area contributed by atoms with Crippen LogP contribution in [0.4, 0.5) is 4.79 Å². The van der Waals surface area contributed by atoms with Crippen molar-refractivity contribution in [1.82, 2.24) is 9.88 Å². The number of thiophene rings is 2. The predicted octanol–water partition coefficient (Wildman–Crippen LogP) is 4.41. The van der Waals surface area contributed by atoms with Gasteiger partial charge in [-0.15, -0.1) is 22.7 Å². The quantitative estimate of drug-likeness (QED) is 0.696. The number of hydrogen-bond donors (Lipinski definition) is 0. The van der Waals surface area contributed by atoms with Gasteiger partial charge >= 0.3 is 6.09 Å². The van der Waals surface area contributed by atoms with Gasteiger partial charge in [0.15, 0.2) is 0 Å². The largest absolute Gasteiger partial charge is 0.417 e. The number of pyridine rings is 1. The van der Waals surface area contributed by atoms with Gasteiger partial charge in [-0.3, -0.25) is 4.90 Å². The fraction of sp³-hybridized carbons (Fsp3) is 0.125. The lowest BCUT2D eigenvalue weighted by Gasteiger charge is -2.20. The maximum absolute atomic E-state index is 12.4. The minimum absolute atomic E-state index is 0.315. The molecule has 0 saturated heterocycles. The van der Waals surface area contributed by atoms with Crippen molar-refractivity contribution < 1.29 is 9.53 Å². The van der Waals surface area contributed by atoms with E-state index in [0.29, 0.717) is 19.0 Å². The first kappa shape index (κ1) is 14.7. The summed E-state index contributed by atoms with van der Waals surface area (Å²) in [5, 5.41) is 4.01. The third-order valence-corrected chi connectivity index (χ3v) is 4.66. The first-order chi connectivity index (χ1) is 10.8. The summed E-state index contributed by atoms with van der Waals surface area (Å²) in [4.78, 5) is 20.4. The smallest absolute Gasteiger partial charge is 0.391 e. The van der Waals surface area contributed by atoms with E-state index in [1.165, 1.54) is 0 Å². The SMILES string of the molecule is O=C(Oc1ccccn1)N(Cc1cccs1)Cc1cccs1. The average Bonchev–Trinajstić information content (AvgIpc) is 3.21. The van der Waals surface area contributed by atoms with E-state index >= 15 is 0 Å². The van der Waals surface area contributed by atoms with Crippen LogP contribution in [-0.4, -0.2) is 16.0 Å². The monoisotopic (exact) mass is 330 g/mol. The lowest BCUT2D eigenvalue weighted by molar-refractivity contribution is 0.145. The van der Waals surface area contributed by atoms with E-state index in [0.717, 1.165) is 9.75 Å². The van der Waals surface area contributed by atoms with Crippen LogP contribution in [0, 0.1) is 0 Å². The van der Waals surface area contributed by atoms with E-state index in [2.05, 4.69) is 4.98 Å². The summed E-state index contributed by atoms with van der Waals surface area (Å²) in [5.74, 6) is 0.315. The fourth-order valence-electron chi connectivity index (χ4n) is 1.93. The van der Waals surface area contributed by atoms with E-state index in [9.17, 15) is 4.79 Å². The van der Waals surface area contributed by atoms with Crippen LogP contribution in [0.25, 0.3) is 0 Å². The van der Waals surface area contributed by atoms with Crippen LogP contribution in [0.3, 0.4) is 0 Å². The molecule has 0 aliphatic rings. The molecule has 0 saturated carbocycles. The van der Waals surface area contributed by atoms with Crippen LogP contribution < -0.4 is 4.74 Å². The summed E-state index contributed by atoms with van der Waals surface area (Å²) in [6.07, 6.45) is 1.21. The van der Waals surface area contributed by atoms with E-state index in [-0.39, 0.29) is 6.09 Å². The summed E-state index contributed by atoms with van der Waals surface area (Å²) in [5.41, 5.74) is 0. The molecule has 0 spiro atoms. The van der Waals surface area contributed by atoms with Gasteiger partial charge in [-0.05, 0) is 29.0 Å². The zero-order valence-electron chi connectivity index (χ0n) is 11.7. The first-order valence-corrected chi connectivity index (χ1v) is 8.50. The minimum Gasteiger partial charge on any atom is -0.391 e. The second kappa shape index (κ2) is 7.20. The van der Waals surface area contributed by atoms with Gasteiger partial charge in [0.25, 0.3) is 0 Å². The molecule has 3 rings (SSSR count). The van der Waals surface area contributed by atoms with Crippen LogP contribution in [-0.2, 0) is 13.1 Å². The normalized spacial score (nSPS) is 10.4. The molecule has 3 aromatic heterocycles. The highest BCUT2D eigenvalue weighted by Gasteiger charge is 2.18. The Morgan fingerprint density at radius 2 is 1.68 bits per heavy atom. The molecule has 1 amide bonds. The Morgan fingerprint density at radius 1 is 1.00 bits per heavy atom. The van der Waals surface area contributed by atoms with Crippen molar-refractivity contribution in [2.75, 3.05) is 0 Å². The number of ether oxygens (including phenoxy) is 1. The van der Waals surface area contributed by atoms with Crippen molar-refractivity contribution in [3.05, 3.63) is 69.2 Å². The Morgan fingerprint density at radius 3 is 2.18 bits per heavy atom. The fourth-order valence-corrected chi connectivity index (χ4v) is 3.37. The van der Waals surface area contributed by atoms with Gasteiger partial charge in [-0.1, -0.05) is 18.2 Å². The molecule has 0 aliphatic heterocycles. The minimum atomic E-state index is -0.388. The molecule has 6 heteroatoms. The molecular formula is C16H14N2O2S2. The zero-order chi connectivity index (χ0) is 15.2. The van der Waals surface area contributed by atoms with E-state index in [4.69, 9.17) is 4.74 Å². The summed E-state index contributed by atoms with van der Waals surface area (Å²) in [6, 6.07) is 13.2. The molecule has 0 fully saturated rings. The molecule has 0 bridgehead atoms. The Bertz CT molecular complexity index is 661. The number of carbonyl (C=O) groups is 1. The third-order valence-electron chi connectivity index (χ3n) is 2.94. The third kappa shape index (κ3) is 3.93. The highest BCUT2D eigenvalue weighted by molar-refractivity contribution is 7.10. The molecule has 0 radical (unpaired) electrons. The zero-order valence-corrected chi connectivity index (χ0v) is 13.3. The topological polar surface area (TPSA) is 42.4 Å². The number of hydrogen-bond acceptors (Lipinski definition) is 5. The van der Waals surface area contributed by atoms with Crippen LogP contribution in [0.5, 0.6) is 5.88 Å². The van der Waals surface area contributed by atoms with Crippen molar-refractivity contribution in [1.29, 1.82) is 0 Å². The maximum atomic E-state index is 12.4. The van der Waals surface area contributed by atoms with Crippen molar-refractivity contribution in [3.63, 3.8) is 0 Å². The molecular weight excluding hydrogens is 316 g/mol. The van der Waals surface area contributed by atoms with Gasteiger partial charge < -0.3 is 4.74 Å². The number of carbonyl (C=O) groups excluding carboxylic acids is 1. The van der Waals surface area contributed by atoms with Crippen molar-refractivity contribution in [2.45, 2.75) is 13.1 Å². The second-order valence-electron chi connectivity index (χ2n) is 4.55. The van der Waals surface area contributed by atoms with Crippen LogP contribution in [0.15, 0.2) is 59.4 Å². The summed E-state index contributed by atoms with van der Waals surface area (Å²) >= 11 is 3.25. The first-order valence-electron chi connectivity index (χ1n) is 6.74. The molecule has 3 heterocycles. The van der Waals surface area contributed by atoms with Gasteiger partial charge in [-0.2, -0.15) is 0 Å². The Balaban J connectivity index is 1.73. The molecule has 112 valence electrons. The Kier molecular flexibility index (Phi) is 4.82. The maximum Gasteiger partial charge on any atom is 0.417 e.